The van der Waals surface area contributed by atoms with Crippen molar-refractivity contribution in [1.82, 2.24) is 15.0 Å². The van der Waals surface area contributed by atoms with E-state index < -0.39 is 8.07 Å². The van der Waals surface area contributed by atoms with Gasteiger partial charge < -0.3 is 14.4 Å². The minimum atomic E-state index is -1.36. The maximum absolute atomic E-state index is 6.29. The number of pyridine rings is 3. The summed E-state index contributed by atoms with van der Waals surface area (Å²) in [7, 11) is -1.36. The van der Waals surface area contributed by atoms with E-state index in [1.54, 1.807) is 10.8 Å². The van der Waals surface area contributed by atoms with E-state index in [1.807, 2.05) is 24.4 Å². The van der Waals surface area contributed by atoms with Crippen molar-refractivity contribution >= 4 is 35.3 Å². The smallest absolute Gasteiger partial charge is 0.216 e. The molecule has 8 rings (SSSR count). The van der Waals surface area contributed by atoms with Gasteiger partial charge in [-0.1, -0.05) is 132 Å². The van der Waals surface area contributed by atoms with Crippen molar-refractivity contribution in [3.8, 4) is 22.5 Å². The van der Waals surface area contributed by atoms with Crippen molar-refractivity contribution in [2.75, 3.05) is 0 Å². The van der Waals surface area contributed by atoms with Crippen LogP contribution in [0.2, 0.25) is 19.6 Å². The predicted octanol–water partition coefficient (Wildman–Crippen LogP) is 12.4. The average molecular weight is 912 g/mol. The van der Waals surface area contributed by atoms with Gasteiger partial charge in [0.25, 0.3) is 0 Å². The molecule has 0 amide bonds. The zero-order valence-corrected chi connectivity index (χ0v) is 36.8. The van der Waals surface area contributed by atoms with Gasteiger partial charge in [-0.15, -0.1) is 54.1 Å². The summed E-state index contributed by atoms with van der Waals surface area (Å²) in [6, 6.07) is 27.8. The quantitative estimate of drug-likeness (QED) is 0.118. The van der Waals surface area contributed by atoms with Crippen LogP contribution in [0.25, 0.3) is 44.6 Å². The fourth-order valence-corrected chi connectivity index (χ4v) is 10.0. The standard InChI is InChI=1S/C27H29N2O.C21H28NSi.Ir/c1-17-16-28-23(15-19(17)14-18-8-5-6-9-18)22-11-7-10-20-21-12-13-24(27(2,3)4)29-26(21)30-25(20)22;1-23(2,3)21-16-22-20(18-12-8-5-9-13-18)15-19(21)14-17-10-6-4-7-11-17;/h7,10,12-13,15-16,18H,5-6,8-9,14H2,1-4H3;5,8-9,12,15-17H,4,6-7,10-11,14H2,1-3H3;/q2*-1;. The van der Waals surface area contributed by atoms with Gasteiger partial charge in [0.2, 0.25) is 5.71 Å². The topological polar surface area (TPSA) is 51.8 Å². The predicted molar refractivity (Wildman–Crippen MR) is 224 cm³/mol. The van der Waals surface area contributed by atoms with Gasteiger partial charge in [-0.25, -0.2) is 4.98 Å². The molecule has 0 aliphatic heterocycles. The second kappa shape index (κ2) is 17.1. The number of hydrogen-bond donors (Lipinski definition) is 0. The Balaban J connectivity index is 0.000000187. The van der Waals surface area contributed by atoms with Crippen LogP contribution in [0.5, 0.6) is 0 Å². The Hall–Kier alpha value is -3.44. The normalized spacial score (nSPS) is 15.6. The minimum absolute atomic E-state index is 0. The third kappa shape index (κ3) is 9.32. The number of nitrogens with zero attached hydrogens (tertiary/aromatic N) is 3. The van der Waals surface area contributed by atoms with Crippen molar-refractivity contribution < 1.29 is 24.5 Å². The minimum Gasteiger partial charge on any atom is -0.486 e. The molecule has 6 aromatic rings. The second-order valence-corrected chi connectivity index (χ2v) is 22.8. The summed E-state index contributed by atoms with van der Waals surface area (Å²) in [4.78, 5) is 14.3. The number of furan rings is 1. The molecule has 2 aliphatic rings. The van der Waals surface area contributed by atoms with Crippen LogP contribution in [0.15, 0.2) is 77.5 Å². The summed E-state index contributed by atoms with van der Waals surface area (Å²) in [6.07, 6.45) is 19.1. The Morgan fingerprint density at radius 2 is 1.41 bits per heavy atom. The first-order valence-electron chi connectivity index (χ1n) is 20.1. The van der Waals surface area contributed by atoms with Gasteiger partial charge in [-0.2, -0.15) is 0 Å². The monoisotopic (exact) mass is 912 g/mol. The van der Waals surface area contributed by atoms with Crippen LogP contribution < -0.4 is 5.19 Å². The number of rotatable bonds is 7. The summed E-state index contributed by atoms with van der Waals surface area (Å²) in [5.74, 6) is 1.68. The molecule has 0 atom stereocenters. The molecule has 4 aromatic heterocycles. The van der Waals surface area contributed by atoms with E-state index in [1.165, 1.54) is 75.3 Å². The summed E-state index contributed by atoms with van der Waals surface area (Å²) in [6.45, 7) is 16.0. The molecule has 2 aliphatic carbocycles. The van der Waals surface area contributed by atoms with E-state index in [4.69, 9.17) is 19.4 Å². The average Bonchev–Trinajstić information content (AvgIpc) is 3.80. The summed E-state index contributed by atoms with van der Waals surface area (Å²) in [5.41, 5.74) is 10.8. The van der Waals surface area contributed by atoms with Gasteiger partial charge in [0.05, 0.1) is 13.7 Å². The molecule has 1 radical (unpaired) electrons. The molecule has 2 fully saturated rings. The molecule has 0 bridgehead atoms. The molecule has 0 spiro atoms. The van der Waals surface area contributed by atoms with Crippen LogP contribution in [-0.2, 0) is 38.4 Å². The fourth-order valence-electron chi connectivity index (χ4n) is 8.42. The van der Waals surface area contributed by atoms with Crippen molar-refractivity contribution in [2.24, 2.45) is 11.8 Å². The molecule has 4 nitrogen and oxygen atoms in total. The van der Waals surface area contributed by atoms with Gasteiger partial charge in [-0.05, 0) is 65.9 Å². The first-order chi connectivity index (χ1) is 25.4. The Morgan fingerprint density at radius 3 is 2.07 bits per heavy atom. The SMILES string of the molecule is C[Si](C)(C)c1cnc(-c2[c-]cccc2)cc1CC1CCCCC1.Cc1cnc(-c2[c-]ccc3c2oc2nc(C(C)(C)C)ccc23)cc1CC1CCCC1.[Ir]. The Bertz CT molecular complexity index is 2170. The second-order valence-electron chi connectivity index (χ2n) is 17.8. The maximum atomic E-state index is 6.29. The van der Waals surface area contributed by atoms with E-state index in [0.29, 0.717) is 5.71 Å². The molecule has 6 heteroatoms. The van der Waals surface area contributed by atoms with Crippen LogP contribution in [0, 0.1) is 30.9 Å². The fraction of sp³-hybridized carbons (Fsp3) is 0.438. The van der Waals surface area contributed by atoms with Crippen LogP contribution in [0.3, 0.4) is 0 Å². The van der Waals surface area contributed by atoms with E-state index in [9.17, 15) is 0 Å². The van der Waals surface area contributed by atoms with E-state index in [0.717, 1.165) is 62.8 Å². The third-order valence-electron chi connectivity index (χ3n) is 11.5. The van der Waals surface area contributed by atoms with Crippen molar-refractivity contribution in [3.05, 3.63) is 108 Å². The van der Waals surface area contributed by atoms with E-state index in [-0.39, 0.29) is 25.5 Å². The third-order valence-corrected chi connectivity index (χ3v) is 13.6. The Morgan fingerprint density at radius 1 is 0.741 bits per heavy atom. The van der Waals surface area contributed by atoms with Crippen LogP contribution in [0.1, 0.15) is 101 Å². The molecule has 0 unspecified atom stereocenters. The molecule has 0 saturated heterocycles. The summed E-state index contributed by atoms with van der Waals surface area (Å²) >= 11 is 0. The number of fused-ring (bicyclic) bond motifs is 3. The Kier molecular flexibility index (Phi) is 12.8. The van der Waals surface area contributed by atoms with Gasteiger partial charge in [0.15, 0.2) is 0 Å². The van der Waals surface area contributed by atoms with Crippen LogP contribution in [0.4, 0.5) is 0 Å². The molecule has 0 N–H and O–H groups in total. The zero-order chi connectivity index (χ0) is 37.2. The Labute approximate surface area is 338 Å². The molecular weight excluding hydrogens is 855 g/mol. The molecule has 4 heterocycles. The van der Waals surface area contributed by atoms with Crippen LogP contribution >= 0.6 is 0 Å². The van der Waals surface area contributed by atoms with Gasteiger partial charge in [-0.3, -0.25) is 0 Å². The van der Waals surface area contributed by atoms with Gasteiger partial charge in [0.1, 0.15) is 0 Å². The zero-order valence-electron chi connectivity index (χ0n) is 33.4. The molecule has 285 valence electrons. The van der Waals surface area contributed by atoms with E-state index >= 15 is 0 Å². The first-order valence-corrected chi connectivity index (χ1v) is 23.6. The van der Waals surface area contributed by atoms with Gasteiger partial charge in [0, 0.05) is 49.0 Å². The van der Waals surface area contributed by atoms with Crippen molar-refractivity contribution in [3.63, 3.8) is 0 Å². The maximum Gasteiger partial charge on any atom is 0.216 e. The van der Waals surface area contributed by atoms with E-state index in [2.05, 4.69) is 108 Å². The number of hydrogen-bond acceptors (Lipinski definition) is 4. The molecule has 54 heavy (non-hydrogen) atoms. The van der Waals surface area contributed by atoms with Crippen LogP contribution in [-0.4, -0.2) is 23.0 Å². The van der Waals surface area contributed by atoms with Gasteiger partial charge >= 0.3 is 0 Å². The molecule has 2 aromatic carbocycles. The van der Waals surface area contributed by atoms with Crippen molar-refractivity contribution in [2.45, 2.75) is 123 Å². The van der Waals surface area contributed by atoms with Crippen molar-refractivity contribution in [1.29, 1.82) is 0 Å². The summed E-state index contributed by atoms with van der Waals surface area (Å²) < 4.78 is 6.29. The number of benzene rings is 2. The number of aryl methyl sites for hydroxylation is 1. The largest absolute Gasteiger partial charge is 0.486 e. The number of aromatic nitrogens is 3. The summed E-state index contributed by atoms with van der Waals surface area (Å²) in [5, 5.41) is 3.67. The molecule has 2 saturated carbocycles. The first kappa shape index (κ1) is 40.2. The molecular formula is C48H57IrN3OSi-2.